The van der Waals surface area contributed by atoms with Crippen LogP contribution in [0, 0.1) is 0 Å². The van der Waals surface area contributed by atoms with Crippen LogP contribution in [0.3, 0.4) is 0 Å². The van der Waals surface area contributed by atoms with Crippen molar-refractivity contribution in [1.82, 2.24) is 15.2 Å². The lowest BCUT2D eigenvalue weighted by atomic mass is 10.1. The van der Waals surface area contributed by atoms with Crippen LogP contribution in [0.4, 0.5) is 4.79 Å². The Balaban J connectivity index is 2.06. The second-order valence-corrected chi connectivity index (χ2v) is 8.31. The van der Waals surface area contributed by atoms with Crippen LogP contribution in [-0.4, -0.2) is 34.8 Å². The Morgan fingerprint density at radius 2 is 1.89 bits per heavy atom. The molecule has 0 radical (unpaired) electrons. The Hall–Kier alpha value is -2.28. The van der Waals surface area contributed by atoms with Gasteiger partial charge in [-0.2, -0.15) is 0 Å². The minimum atomic E-state index is -0.572. The number of alkyl carbamates (subject to hydrolysis) is 1. The number of nitrogens with zero attached hydrogens (tertiary/aromatic N) is 1. The van der Waals surface area contributed by atoms with Crippen LogP contribution in [-0.2, 0) is 18.2 Å². The number of aromatic nitrogens is 1. The minimum Gasteiger partial charge on any atom is -0.444 e. The molecule has 0 aliphatic rings. The highest BCUT2D eigenvalue weighted by Gasteiger charge is 2.20. The van der Waals surface area contributed by atoms with Gasteiger partial charge in [0, 0.05) is 24.3 Å². The minimum absolute atomic E-state index is 0.199. The van der Waals surface area contributed by atoms with E-state index < -0.39 is 11.7 Å². The van der Waals surface area contributed by atoms with Gasteiger partial charge in [-0.15, -0.1) is 0 Å². The number of aryl methyl sites for hydroxylation is 1. The molecule has 2 rings (SSSR count). The van der Waals surface area contributed by atoms with E-state index >= 15 is 0 Å². The zero-order valence-corrected chi connectivity index (χ0v) is 17.7. The Morgan fingerprint density at radius 1 is 1.22 bits per heavy atom. The highest BCUT2D eigenvalue weighted by atomic mass is 79.9. The third-order valence-corrected chi connectivity index (χ3v) is 4.19. The number of benzene rings is 1. The maximum atomic E-state index is 12.7. The fourth-order valence-electron chi connectivity index (χ4n) is 2.60. The van der Waals surface area contributed by atoms with Crippen molar-refractivity contribution in [1.29, 1.82) is 0 Å². The van der Waals surface area contributed by atoms with Crippen LogP contribution >= 0.6 is 15.9 Å². The van der Waals surface area contributed by atoms with E-state index in [0.29, 0.717) is 12.1 Å². The van der Waals surface area contributed by atoms with Crippen molar-refractivity contribution in [2.24, 2.45) is 7.05 Å². The highest BCUT2D eigenvalue weighted by molar-refractivity contribution is 9.10. The number of hydrogen-bond acceptors (Lipinski definition) is 3. The maximum absolute atomic E-state index is 12.7. The molecular formula is C20H26BrN3O3. The van der Waals surface area contributed by atoms with Gasteiger partial charge in [-0.1, -0.05) is 30.3 Å². The van der Waals surface area contributed by atoms with E-state index in [1.807, 2.05) is 64.3 Å². The van der Waals surface area contributed by atoms with Crippen molar-refractivity contribution < 1.29 is 14.3 Å². The van der Waals surface area contributed by atoms with E-state index in [1.54, 1.807) is 10.6 Å². The lowest BCUT2D eigenvalue weighted by Gasteiger charge is -2.23. The Bertz CT molecular complexity index is 782. The van der Waals surface area contributed by atoms with Gasteiger partial charge in [-0.05, 0) is 54.8 Å². The molecule has 1 atom stereocenters. The Labute approximate surface area is 168 Å². The Kier molecular flexibility index (Phi) is 7.07. The molecule has 2 N–H and O–H groups in total. The van der Waals surface area contributed by atoms with Crippen LogP contribution in [0.1, 0.15) is 36.8 Å². The molecule has 0 aliphatic heterocycles. The summed E-state index contributed by atoms with van der Waals surface area (Å²) < 4.78 is 7.86. The molecule has 0 saturated heterocycles. The predicted octanol–water partition coefficient (Wildman–Crippen LogP) is 3.65. The molecule has 0 fully saturated rings. The first kappa shape index (κ1) is 21.0. The van der Waals surface area contributed by atoms with Gasteiger partial charge < -0.3 is 19.9 Å². The van der Waals surface area contributed by atoms with Crippen LogP contribution < -0.4 is 10.6 Å². The molecule has 1 heterocycles. The molecule has 0 bridgehead atoms. The molecule has 1 aromatic heterocycles. The lowest BCUT2D eigenvalue weighted by Crippen LogP contribution is -2.46. The second kappa shape index (κ2) is 9.08. The third-order valence-electron chi connectivity index (χ3n) is 3.76. The summed E-state index contributed by atoms with van der Waals surface area (Å²) in [6, 6.07) is 11.3. The highest BCUT2D eigenvalue weighted by Crippen LogP contribution is 2.14. The number of carbonyl (C=O) groups is 2. The first-order valence-electron chi connectivity index (χ1n) is 8.77. The monoisotopic (exact) mass is 435 g/mol. The first-order chi connectivity index (χ1) is 12.6. The number of ether oxygens (including phenoxy) is 1. The zero-order valence-electron chi connectivity index (χ0n) is 16.1. The molecule has 2 aromatic rings. The van der Waals surface area contributed by atoms with Gasteiger partial charge in [0.2, 0.25) is 0 Å². The molecule has 0 spiro atoms. The van der Waals surface area contributed by atoms with Crippen LogP contribution in [0.15, 0.2) is 47.1 Å². The van der Waals surface area contributed by atoms with E-state index in [9.17, 15) is 9.59 Å². The molecule has 2 amide bonds. The summed E-state index contributed by atoms with van der Waals surface area (Å²) in [5.74, 6) is -0.199. The maximum Gasteiger partial charge on any atom is 0.407 e. The standard InChI is InChI=1S/C20H26BrN3O3/c1-20(2,3)27-19(26)22-12-16(10-14-8-6-5-7-9-14)23-18(25)17-11-15(21)13-24(17)4/h5-9,11,13,16H,10,12H2,1-4H3,(H,22,26)(H,23,25). The average molecular weight is 436 g/mol. The number of rotatable bonds is 6. The molecular weight excluding hydrogens is 410 g/mol. The van der Waals surface area contributed by atoms with E-state index in [2.05, 4.69) is 26.6 Å². The van der Waals surface area contributed by atoms with Crippen molar-refractivity contribution in [2.75, 3.05) is 6.54 Å². The summed E-state index contributed by atoms with van der Waals surface area (Å²) in [6.07, 6.45) is 1.91. The molecule has 146 valence electrons. The lowest BCUT2D eigenvalue weighted by molar-refractivity contribution is 0.0519. The predicted molar refractivity (Wildman–Crippen MR) is 109 cm³/mol. The smallest absolute Gasteiger partial charge is 0.407 e. The fourth-order valence-corrected chi connectivity index (χ4v) is 3.13. The first-order valence-corrected chi connectivity index (χ1v) is 9.57. The fraction of sp³-hybridized carbons (Fsp3) is 0.400. The van der Waals surface area contributed by atoms with Crippen molar-refractivity contribution >= 4 is 27.9 Å². The summed E-state index contributed by atoms with van der Waals surface area (Å²) >= 11 is 3.37. The van der Waals surface area contributed by atoms with E-state index in [4.69, 9.17) is 4.74 Å². The SMILES string of the molecule is Cn1cc(Br)cc1C(=O)NC(CNC(=O)OC(C)(C)C)Cc1ccccc1. The molecule has 7 heteroatoms. The number of hydrogen-bond donors (Lipinski definition) is 2. The van der Waals surface area contributed by atoms with Crippen LogP contribution in [0.25, 0.3) is 0 Å². The topological polar surface area (TPSA) is 72.4 Å². The van der Waals surface area contributed by atoms with Crippen molar-refractivity contribution in [3.63, 3.8) is 0 Å². The summed E-state index contributed by atoms with van der Waals surface area (Å²) in [4.78, 5) is 24.6. The molecule has 0 aliphatic carbocycles. The number of halogens is 1. The van der Waals surface area contributed by atoms with Crippen LogP contribution in [0.2, 0.25) is 0 Å². The normalized spacial score (nSPS) is 12.3. The summed E-state index contributed by atoms with van der Waals surface area (Å²) in [6.45, 7) is 5.69. The largest absolute Gasteiger partial charge is 0.444 e. The van der Waals surface area contributed by atoms with E-state index in [0.717, 1.165) is 10.0 Å². The van der Waals surface area contributed by atoms with Gasteiger partial charge in [0.05, 0.1) is 6.04 Å². The van der Waals surface area contributed by atoms with E-state index in [-0.39, 0.29) is 18.5 Å². The number of nitrogens with one attached hydrogen (secondary N) is 2. The van der Waals surface area contributed by atoms with Crippen molar-refractivity contribution in [3.05, 3.63) is 58.3 Å². The van der Waals surface area contributed by atoms with Gasteiger partial charge in [-0.25, -0.2) is 4.79 Å². The molecule has 1 aromatic carbocycles. The van der Waals surface area contributed by atoms with Crippen LogP contribution in [0.5, 0.6) is 0 Å². The number of amides is 2. The van der Waals surface area contributed by atoms with Crippen molar-refractivity contribution in [3.8, 4) is 0 Å². The van der Waals surface area contributed by atoms with E-state index in [1.165, 1.54) is 0 Å². The van der Waals surface area contributed by atoms with Gasteiger partial charge in [0.15, 0.2) is 0 Å². The summed E-state index contributed by atoms with van der Waals surface area (Å²) in [5.41, 5.74) is 1.04. The average Bonchev–Trinajstić information content (AvgIpc) is 2.90. The second-order valence-electron chi connectivity index (χ2n) is 7.40. The molecule has 0 saturated carbocycles. The van der Waals surface area contributed by atoms with Crippen molar-refractivity contribution in [2.45, 2.75) is 38.8 Å². The quantitative estimate of drug-likeness (QED) is 0.726. The molecule has 27 heavy (non-hydrogen) atoms. The van der Waals surface area contributed by atoms with Gasteiger partial charge in [-0.3, -0.25) is 4.79 Å². The molecule has 1 unspecified atom stereocenters. The van der Waals surface area contributed by atoms with Gasteiger partial charge in [0.1, 0.15) is 11.3 Å². The molecule has 6 nitrogen and oxygen atoms in total. The summed E-state index contributed by atoms with van der Waals surface area (Å²) in [7, 11) is 1.81. The summed E-state index contributed by atoms with van der Waals surface area (Å²) in [5, 5.41) is 5.75. The Morgan fingerprint density at radius 3 is 2.44 bits per heavy atom. The van der Waals surface area contributed by atoms with Gasteiger partial charge in [0.25, 0.3) is 5.91 Å². The third kappa shape index (κ3) is 7.09. The van der Waals surface area contributed by atoms with Gasteiger partial charge >= 0.3 is 6.09 Å². The zero-order chi connectivity index (χ0) is 20.0. The number of carbonyl (C=O) groups excluding carboxylic acids is 2.